The maximum atomic E-state index is 2.39. The minimum absolute atomic E-state index is 0.948. The minimum atomic E-state index is 0.948. The number of likely N-dealkylation sites (N-methyl/N-ethyl adjacent to an activating group) is 1. The van der Waals surface area contributed by atoms with Crippen molar-refractivity contribution < 1.29 is 4.57 Å². The number of hydrogen-bond donors (Lipinski definition) is 0. The minimum Gasteiger partial charge on any atom is -0.341 e. The molecule has 1 aromatic heterocycles. The highest BCUT2D eigenvalue weighted by Gasteiger charge is 2.18. The normalized spacial score (nSPS) is 14.9. The number of anilines is 1. The topological polar surface area (TPSA) is 7.12 Å². The number of allylic oxidation sites excluding steroid dienone is 1. The van der Waals surface area contributed by atoms with Gasteiger partial charge < -0.3 is 4.90 Å². The summed E-state index contributed by atoms with van der Waals surface area (Å²) in [4.78, 5) is 2.38. The van der Waals surface area contributed by atoms with Gasteiger partial charge >= 0.3 is 0 Å². The van der Waals surface area contributed by atoms with E-state index in [0.29, 0.717) is 0 Å². The Hall–Kier alpha value is -2.14. The van der Waals surface area contributed by atoms with E-state index in [1.54, 1.807) is 0 Å². The number of pyridine rings is 1. The van der Waals surface area contributed by atoms with Gasteiger partial charge in [0.1, 0.15) is 6.54 Å². The maximum absolute atomic E-state index is 2.39. The van der Waals surface area contributed by atoms with E-state index in [1.165, 1.54) is 37.1 Å². The van der Waals surface area contributed by atoms with Crippen LogP contribution in [0.3, 0.4) is 0 Å². The predicted octanol–water partition coefficient (Wildman–Crippen LogP) is 5.65. The SMILES string of the molecule is CCN1C(=Cc2ccc3cc(I)ccc3[n+]2CC)C=Cc2ccccc21. The average Bonchev–Trinajstić information content (AvgIpc) is 2.67. The Labute approximate surface area is 168 Å². The van der Waals surface area contributed by atoms with Gasteiger partial charge in [0.2, 0.25) is 11.2 Å². The standard InChI is InChI=1S/C23H22IN2/c1-3-25-20(12-9-17-7-5-6-8-22(17)25)16-21-13-10-18-15-19(24)11-14-23(18)26(21)4-2/h5-16H,3-4H2,1-2H3/q+1. The van der Waals surface area contributed by atoms with E-state index in [4.69, 9.17) is 0 Å². The lowest BCUT2D eigenvalue weighted by Gasteiger charge is -2.29. The van der Waals surface area contributed by atoms with Crippen LogP contribution < -0.4 is 9.47 Å². The number of halogens is 1. The second-order valence-corrected chi connectivity index (χ2v) is 7.66. The Kier molecular flexibility index (Phi) is 4.81. The fraction of sp³-hybridized carbons (Fsp3) is 0.174. The molecule has 4 rings (SSSR count). The molecule has 3 aromatic rings. The van der Waals surface area contributed by atoms with Crippen molar-refractivity contribution in [1.82, 2.24) is 0 Å². The van der Waals surface area contributed by atoms with E-state index in [2.05, 4.69) is 119 Å². The molecule has 0 saturated heterocycles. The molecular formula is C23H22IN2+. The highest BCUT2D eigenvalue weighted by molar-refractivity contribution is 14.1. The monoisotopic (exact) mass is 453 g/mol. The first-order valence-corrected chi connectivity index (χ1v) is 10.2. The molecule has 2 aromatic carbocycles. The van der Waals surface area contributed by atoms with Crippen LogP contribution in [0.2, 0.25) is 0 Å². The number of aromatic nitrogens is 1. The Morgan fingerprint density at radius 3 is 2.65 bits per heavy atom. The lowest BCUT2D eigenvalue weighted by molar-refractivity contribution is -0.669. The van der Waals surface area contributed by atoms with Gasteiger partial charge in [-0.15, -0.1) is 0 Å². The quantitative estimate of drug-likeness (QED) is 0.368. The molecule has 0 aliphatic carbocycles. The summed E-state index contributed by atoms with van der Waals surface area (Å²) in [5.74, 6) is 0. The number of para-hydroxylation sites is 1. The van der Waals surface area contributed by atoms with Crippen molar-refractivity contribution in [3.63, 3.8) is 0 Å². The fourth-order valence-electron chi connectivity index (χ4n) is 3.70. The van der Waals surface area contributed by atoms with Crippen molar-refractivity contribution in [1.29, 1.82) is 0 Å². The van der Waals surface area contributed by atoms with Crippen LogP contribution in [-0.4, -0.2) is 6.54 Å². The number of rotatable bonds is 3. The summed E-state index contributed by atoms with van der Waals surface area (Å²) < 4.78 is 3.66. The first kappa shape index (κ1) is 17.3. The first-order chi connectivity index (χ1) is 12.7. The zero-order chi connectivity index (χ0) is 18.1. The van der Waals surface area contributed by atoms with Gasteiger partial charge in [0, 0.05) is 45.1 Å². The molecule has 26 heavy (non-hydrogen) atoms. The third-order valence-corrected chi connectivity index (χ3v) is 5.60. The van der Waals surface area contributed by atoms with Gasteiger partial charge in [-0.2, -0.15) is 4.57 Å². The van der Waals surface area contributed by atoms with Crippen LogP contribution in [0.25, 0.3) is 23.1 Å². The van der Waals surface area contributed by atoms with Gasteiger partial charge in [0.05, 0.1) is 0 Å². The second-order valence-electron chi connectivity index (χ2n) is 6.41. The van der Waals surface area contributed by atoms with Crippen molar-refractivity contribution in [3.8, 4) is 0 Å². The molecule has 0 radical (unpaired) electrons. The summed E-state index contributed by atoms with van der Waals surface area (Å²) in [6, 6.07) is 19.7. The largest absolute Gasteiger partial charge is 0.341 e. The van der Waals surface area contributed by atoms with Gasteiger partial charge in [0.25, 0.3) is 0 Å². The zero-order valence-corrected chi connectivity index (χ0v) is 17.3. The van der Waals surface area contributed by atoms with Gasteiger partial charge in [-0.1, -0.05) is 24.3 Å². The van der Waals surface area contributed by atoms with Crippen molar-refractivity contribution in [2.45, 2.75) is 20.4 Å². The summed E-state index contributed by atoms with van der Waals surface area (Å²) in [6.07, 6.45) is 6.74. The highest BCUT2D eigenvalue weighted by Crippen LogP contribution is 2.31. The molecule has 0 fully saturated rings. The van der Waals surface area contributed by atoms with E-state index in [9.17, 15) is 0 Å². The van der Waals surface area contributed by atoms with Gasteiger partial charge in [-0.3, -0.25) is 0 Å². The Morgan fingerprint density at radius 2 is 1.85 bits per heavy atom. The third kappa shape index (κ3) is 3.05. The summed E-state index contributed by atoms with van der Waals surface area (Å²) in [7, 11) is 0. The van der Waals surface area contributed by atoms with Crippen LogP contribution in [0.4, 0.5) is 5.69 Å². The average molecular weight is 453 g/mol. The van der Waals surface area contributed by atoms with E-state index in [1.807, 2.05) is 0 Å². The number of aryl methyl sites for hydroxylation is 1. The lowest BCUT2D eigenvalue weighted by atomic mass is 10.0. The van der Waals surface area contributed by atoms with E-state index < -0.39 is 0 Å². The molecule has 0 saturated carbocycles. The van der Waals surface area contributed by atoms with Crippen molar-refractivity contribution in [2.75, 3.05) is 11.4 Å². The molecule has 0 amide bonds. The maximum Gasteiger partial charge on any atom is 0.213 e. The van der Waals surface area contributed by atoms with Crippen LogP contribution in [0, 0.1) is 3.57 Å². The molecule has 0 bridgehead atoms. The molecule has 0 spiro atoms. The summed E-state index contributed by atoms with van der Waals surface area (Å²) in [6.45, 7) is 6.32. The van der Waals surface area contributed by atoms with Crippen LogP contribution in [0.15, 0.2) is 66.4 Å². The van der Waals surface area contributed by atoms with Gasteiger partial charge in [-0.25, -0.2) is 0 Å². The van der Waals surface area contributed by atoms with Crippen LogP contribution in [0.5, 0.6) is 0 Å². The summed E-state index contributed by atoms with van der Waals surface area (Å²) >= 11 is 2.38. The molecule has 130 valence electrons. The molecule has 1 aliphatic heterocycles. The highest BCUT2D eigenvalue weighted by atomic mass is 127. The first-order valence-electron chi connectivity index (χ1n) is 9.09. The third-order valence-electron chi connectivity index (χ3n) is 4.93. The molecule has 2 nitrogen and oxygen atoms in total. The van der Waals surface area contributed by atoms with Crippen molar-refractivity contribution in [3.05, 3.63) is 81.2 Å². The Morgan fingerprint density at radius 1 is 1.00 bits per heavy atom. The molecule has 0 unspecified atom stereocenters. The molecule has 3 heteroatoms. The van der Waals surface area contributed by atoms with Crippen LogP contribution in [0.1, 0.15) is 25.1 Å². The summed E-state index contributed by atoms with van der Waals surface area (Å²) in [5, 5.41) is 1.29. The number of nitrogens with zero attached hydrogens (tertiary/aromatic N) is 2. The lowest BCUT2D eigenvalue weighted by Crippen LogP contribution is -2.37. The van der Waals surface area contributed by atoms with E-state index in [0.717, 1.165) is 13.1 Å². The smallest absolute Gasteiger partial charge is 0.213 e. The molecular weight excluding hydrogens is 431 g/mol. The Balaban J connectivity index is 1.85. The van der Waals surface area contributed by atoms with E-state index in [-0.39, 0.29) is 0 Å². The van der Waals surface area contributed by atoms with Gasteiger partial charge in [0.15, 0.2) is 0 Å². The molecule has 0 atom stereocenters. The number of fused-ring (bicyclic) bond motifs is 2. The fourth-order valence-corrected chi connectivity index (χ4v) is 4.21. The van der Waals surface area contributed by atoms with Gasteiger partial charge in [-0.05, 0) is 72.3 Å². The molecule has 1 aliphatic rings. The Bertz CT molecular complexity index is 1030. The molecule has 2 heterocycles. The zero-order valence-electron chi connectivity index (χ0n) is 15.1. The predicted molar refractivity (Wildman–Crippen MR) is 119 cm³/mol. The van der Waals surface area contributed by atoms with Crippen molar-refractivity contribution in [2.24, 2.45) is 0 Å². The van der Waals surface area contributed by atoms with Crippen molar-refractivity contribution >= 4 is 51.3 Å². The number of hydrogen-bond acceptors (Lipinski definition) is 1. The van der Waals surface area contributed by atoms with Crippen LogP contribution >= 0.6 is 22.6 Å². The number of benzene rings is 2. The van der Waals surface area contributed by atoms with E-state index >= 15 is 0 Å². The summed E-state index contributed by atoms with van der Waals surface area (Å²) in [5.41, 5.74) is 6.31. The second kappa shape index (κ2) is 7.23. The van der Waals surface area contributed by atoms with Crippen LogP contribution in [-0.2, 0) is 6.54 Å². The molecule has 0 N–H and O–H groups in total.